The summed E-state index contributed by atoms with van der Waals surface area (Å²) in [5, 5.41) is 0.00972. The lowest BCUT2D eigenvalue weighted by atomic mass is 10.2. The standard InChI is InChI=1S/C11H12ClNO3S/c1-8(14)13-6-11(7-13)17(15,16)10-4-2-9(12)3-5-10/h2-5,11H,6-7H2,1H3. The summed E-state index contributed by atoms with van der Waals surface area (Å²) in [7, 11) is -3.34. The van der Waals surface area contributed by atoms with E-state index in [9.17, 15) is 13.2 Å². The summed E-state index contributed by atoms with van der Waals surface area (Å²) < 4.78 is 24.2. The van der Waals surface area contributed by atoms with Crippen molar-refractivity contribution < 1.29 is 13.2 Å². The number of hydrogen-bond acceptors (Lipinski definition) is 3. The van der Waals surface area contributed by atoms with Gasteiger partial charge in [0.1, 0.15) is 5.25 Å². The minimum Gasteiger partial charge on any atom is -0.340 e. The molecule has 1 aliphatic rings. The van der Waals surface area contributed by atoms with Crippen molar-refractivity contribution in [2.24, 2.45) is 0 Å². The molecule has 17 heavy (non-hydrogen) atoms. The second-order valence-electron chi connectivity index (χ2n) is 4.04. The van der Waals surface area contributed by atoms with Crippen molar-refractivity contribution in [2.75, 3.05) is 13.1 Å². The lowest BCUT2D eigenvalue weighted by Crippen LogP contribution is -2.56. The lowest BCUT2D eigenvalue weighted by Gasteiger charge is -2.37. The van der Waals surface area contributed by atoms with Crippen LogP contribution in [0.3, 0.4) is 0 Å². The number of carbonyl (C=O) groups excluding carboxylic acids is 1. The molecular formula is C11H12ClNO3S. The normalized spacial score (nSPS) is 16.7. The van der Waals surface area contributed by atoms with E-state index in [1.165, 1.54) is 24.0 Å². The maximum Gasteiger partial charge on any atom is 0.219 e. The monoisotopic (exact) mass is 273 g/mol. The van der Waals surface area contributed by atoms with Crippen LogP contribution in [0.15, 0.2) is 29.2 Å². The zero-order chi connectivity index (χ0) is 12.6. The highest BCUT2D eigenvalue weighted by Crippen LogP contribution is 2.24. The maximum absolute atomic E-state index is 12.1. The molecule has 0 aromatic heterocycles. The van der Waals surface area contributed by atoms with E-state index in [1.807, 2.05) is 0 Å². The molecule has 1 fully saturated rings. The molecule has 0 spiro atoms. The van der Waals surface area contributed by atoms with Gasteiger partial charge in [-0.25, -0.2) is 8.42 Å². The van der Waals surface area contributed by atoms with Crippen molar-refractivity contribution in [3.63, 3.8) is 0 Å². The van der Waals surface area contributed by atoms with Crippen LogP contribution in [0, 0.1) is 0 Å². The van der Waals surface area contributed by atoms with E-state index in [0.717, 1.165) is 0 Å². The maximum atomic E-state index is 12.1. The summed E-state index contributed by atoms with van der Waals surface area (Å²) in [6, 6.07) is 6.09. The third-order valence-corrected chi connectivity index (χ3v) is 5.23. The van der Waals surface area contributed by atoms with Gasteiger partial charge in [0.05, 0.1) is 4.90 Å². The Kier molecular flexibility index (Phi) is 3.14. The Morgan fingerprint density at radius 3 is 2.29 bits per heavy atom. The molecule has 1 heterocycles. The van der Waals surface area contributed by atoms with E-state index in [-0.39, 0.29) is 23.9 Å². The number of halogens is 1. The summed E-state index contributed by atoms with van der Waals surface area (Å²) in [6.07, 6.45) is 0. The lowest BCUT2D eigenvalue weighted by molar-refractivity contribution is -0.131. The number of benzene rings is 1. The number of amides is 1. The predicted molar refractivity (Wildman–Crippen MR) is 64.7 cm³/mol. The first-order valence-corrected chi connectivity index (χ1v) is 7.08. The largest absolute Gasteiger partial charge is 0.340 e. The number of rotatable bonds is 2. The molecule has 1 amide bonds. The third kappa shape index (κ3) is 2.30. The Balaban J connectivity index is 2.16. The summed E-state index contributed by atoms with van der Waals surface area (Å²) in [5.41, 5.74) is 0. The van der Waals surface area contributed by atoms with Crippen molar-refractivity contribution in [1.29, 1.82) is 0 Å². The minimum absolute atomic E-state index is 0.0902. The molecule has 1 aromatic carbocycles. The summed E-state index contributed by atoms with van der Waals surface area (Å²) in [5.74, 6) is -0.0902. The fourth-order valence-electron chi connectivity index (χ4n) is 1.71. The van der Waals surface area contributed by atoms with Gasteiger partial charge >= 0.3 is 0 Å². The zero-order valence-electron chi connectivity index (χ0n) is 9.26. The molecule has 1 aliphatic heterocycles. The van der Waals surface area contributed by atoms with Gasteiger partial charge in [-0.3, -0.25) is 4.79 Å². The van der Waals surface area contributed by atoms with Gasteiger partial charge in [0.15, 0.2) is 9.84 Å². The molecule has 0 bridgehead atoms. The van der Waals surface area contributed by atoms with Crippen molar-refractivity contribution >= 4 is 27.3 Å². The van der Waals surface area contributed by atoms with Crippen LogP contribution in [-0.4, -0.2) is 37.6 Å². The Morgan fingerprint density at radius 1 is 1.29 bits per heavy atom. The van der Waals surface area contributed by atoms with Crippen LogP contribution < -0.4 is 0 Å². The van der Waals surface area contributed by atoms with Crippen molar-refractivity contribution in [3.05, 3.63) is 29.3 Å². The summed E-state index contributed by atoms with van der Waals surface area (Å²) in [4.78, 5) is 12.8. The number of sulfone groups is 1. The number of carbonyl (C=O) groups is 1. The van der Waals surface area contributed by atoms with Gasteiger partial charge in [-0.05, 0) is 24.3 Å². The Labute approximate surface area is 105 Å². The second kappa shape index (κ2) is 4.31. The predicted octanol–water partition coefficient (Wildman–Crippen LogP) is 1.34. The highest BCUT2D eigenvalue weighted by Gasteiger charge is 2.39. The highest BCUT2D eigenvalue weighted by atomic mass is 35.5. The summed E-state index contributed by atoms with van der Waals surface area (Å²) >= 11 is 5.71. The molecule has 6 heteroatoms. The van der Waals surface area contributed by atoms with E-state index >= 15 is 0 Å². The van der Waals surface area contributed by atoms with Crippen LogP contribution in [0.1, 0.15) is 6.92 Å². The van der Waals surface area contributed by atoms with Gasteiger partial charge in [0, 0.05) is 25.0 Å². The average molecular weight is 274 g/mol. The molecule has 0 atom stereocenters. The fraction of sp³-hybridized carbons (Fsp3) is 0.364. The van der Waals surface area contributed by atoms with Crippen LogP contribution in [0.25, 0.3) is 0 Å². The molecule has 4 nitrogen and oxygen atoms in total. The van der Waals surface area contributed by atoms with E-state index in [2.05, 4.69) is 0 Å². The molecule has 1 aromatic rings. The van der Waals surface area contributed by atoms with Crippen molar-refractivity contribution in [2.45, 2.75) is 17.1 Å². The van der Waals surface area contributed by atoms with Crippen LogP contribution in [0.2, 0.25) is 5.02 Å². The molecule has 2 rings (SSSR count). The molecular weight excluding hydrogens is 262 g/mol. The first-order valence-electron chi connectivity index (χ1n) is 5.16. The van der Waals surface area contributed by atoms with E-state index in [1.54, 1.807) is 12.1 Å². The van der Waals surface area contributed by atoms with Gasteiger partial charge < -0.3 is 4.90 Å². The number of nitrogens with zero attached hydrogens (tertiary/aromatic N) is 1. The molecule has 92 valence electrons. The van der Waals surface area contributed by atoms with Gasteiger partial charge in [-0.15, -0.1) is 0 Å². The smallest absolute Gasteiger partial charge is 0.219 e. The van der Waals surface area contributed by atoms with Crippen LogP contribution >= 0.6 is 11.6 Å². The Bertz CT molecular complexity index is 532. The van der Waals surface area contributed by atoms with Crippen molar-refractivity contribution in [1.82, 2.24) is 4.90 Å². The fourth-order valence-corrected chi connectivity index (χ4v) is 3.49. The quantitative estimate of drug-likeness (QED) is 0.817. The van der Waals surface area contributed by atoms with Gasteiger partial charge in [-0.1, -0.05) is 11.6 Å². The number of hydrogen-bond donors (Lipinski definition) is 0. The topological polar surface area (TPSA) is 54.5 Å². The molecule has 0 N–H and O–H groups in total. The van der Waals surface area contributed by atoms with E-state index in [0.29, 0.717) is 5.02 Å². The first-order chi connectivity index (χ1) is 7.91. The SMILES string of the molecule is CC(=O)N1CC(S(=O)(=O)c2ccc(Cl)cc2)C1. The van der Waals surface area contributed by atoms with Gasteiger partial charge in [0.2, 0.25) is 5.91 Å². The highest BCUT2D eigenvalue weighted by molar-refractivity contribution is 7.92. The molecule has 0 aliphatic carbocycles. The minimum atomic E-state index is -3.34. The average Bonchev–Trinajstić information content (AvgIpc) is 2.14. The van der Waals surface area contributed by atoms with Crippen LogP contribution in [0.4, 0.5) is 0 Å². The van der Waals surface area contributed by atoms with E-state index < -0.39 is 15.1 Å². The molecule has 0 saturated carbocycles. The van der Waals surface area contributed by atoms with Crippen molar-refractivity contribution in [3.8, 4) is 0 Å². The molecule has 0 radical (unpaired) electrons. The summed E-state index contributed by atoms with van der Waals surface area (Å²) in [6.45, 7) is 1.99. The van der Waals surface area contributed by atoms with Gasteiger partial charge in [-0.2, -0.15) is 0 Å². The van der Waals surface area contributed by atoms with E-state index in [4.69, 9.17) is 11.6 Å². The first kappa shape index (κ1) is 12.4. The number of likely N-dealkylation sites (tertiary alicyclic amines) is 1. The molecule has 1 saturated heterocycles. The second-order valence-corrected chi connectivity index (χ2v) is 6.71. The van der Waals surface area contributed by atoms with Crippen LogP contribution in [-0.2, 0) is 14.6 Å². The van der Waals surface area contributed by atoms with Crippen LogP contribution in [0.5, 0.6) is 0 Å². The third-order valence-electron chi connectivity index (χ3n) is 2.87. The molecule has 0 unspecified atom stereocenters. The Morgan fingerprint density at radius 2 is 1.82 bits per heavy atom. The Hall–Kier alpha value is -1.07. The zero-order valence-corrected chi connectivity index (χ0v) is 10.8. The van der Waals surface area contributed by atoms with Gasteiger partial charge in [0.25, 0.3) is 0 Å².